The van der Waals surface area contributed by atoms with Crippen LogP contribution in [0, 0.1) is 0 Å². The quantitative estimate of drug-likeness (QED) is 0.618. The molecule has 3 aromatic carbocycles. The highest BCUT2D eigenvalue weighted by Crippen LogP contribution is 2.35. The van der Waals surface area contributed by atoms with Gasteiger partial charge in [-0.3, -0.25) is 4.79 Å². The van der Waals surface area contributed by atoms with Gasteiger partial charge in [-0.15, -0.1) is 0 Å². The van der Waals surface area contributed by atoms with Gasteiger partial charge in [0.2, 0.25) is 5.75 Å². The van der Waals surface area contributed by atoms with Gasteiger partial charge in [-0.1, -0.05) is 66.7 Å². The number of ketones is 1. The Hall–Kier alpha value is -3.27. The number of benzene rings is 3. The smallest absolute Gasteiger partial charge is 0.203 e. The standard InChI is InChI=1S/C13H10O.C10H14O3/c14-13(11-7-3-1-4-8-11)12-9-5-2-6-10-12;1-3-12-9-7-5-6-8(11)10(9)13-4-2/h1-10H;5-7,11H,3-4H2,1-2H3. The first-order valence-corrected chi connectivity index (χ1v) is 8.89. The first kappa shape index (κ1) is 20.0. The maximum Gasteiger partial charge on any atom is 0.203 e. The van der Waals surface area contributed by atoms with Crippen LogP contribution >= 0.6 is 0 Å². The van der Waals surface area contributed by atoms with Crippen molar-refractivity contribution in [2.24, 2.45) is 0 Å². The average Bonchev–Trinajstić information content (AvgIpc) is 2.72. The van der Waals surface area contributed by atoms with Crippen LogP contribution in [-0.2, 0) is 0 Å². The summed E-state index contributed by atoms with van der Waals surface area (Å²) in [6.45, 7) is 4.82. The van der Waals surface area contributed by atoms with Crippen LogP contribution in [0.3, 0.4) is 0 Å². The SMILES string of the molecule is CCOc1cccc(O)c1OCC.O=C(c1ccccc1)c1ccccc1. The molecule has 0 saturated carbocycles. The fourth-order valence-electron chi connectivity index (χ4n) is 2.41. The van der Waals surface area contributed by atoms with Gasteiger partial charge in [0.05, 0.1) is 13.2 Å². The first-order valence-electron chi connectivity index (χ1n) is 8.89. The Morgan fingerprint density at radius 2 is 1.26 bits per heavy atom. The zero-order chi connectivity index (χ0) is 19.5. The molecule has 0 radical (unpaired) electrons. The molecular formula is C23H24O4. The van der Waals surface area contributed by atoms with Gasteiger partial charge in [-0.25, -0.2) is 0 Å². The minimum atomic E-state index is 0.0752. The predicted molar refractivity (Wildman–Crippen MR) is 107 cm³/mol. The van der Waals surface area contributed by atoms with Crippen molar-refractivity contribution in [3.05, 3.63) is 90.0 Å². The molecule has 0 aliphatic heterocycles. The van der Waals surface area contributed by atoms with Crippen molar-refractivity contribution in [1.82, 2.24) is 0 Å². The molecule has 0 aliphatic carbocycles. The van der Waals surface area contributed by atoms with Gasteiger partial charge in [-0.2, -0.15) is 0 Å². The number of ether oxygens (including phenoxy) is 2. The zero-order valence-corrected chi connectivity index (χ0v) is 15.6. The highest BCUT2D eigenvalue weighted by Gasteiger charge is 2.08. The number of hydrogen-bond acceptors (Lipinski definition) is 4. The molecule has 0 atom stereocenters. The van der Waals surface area contributed by atoms with Crippen LogP contribution in [0.25, 0.3) is 0 Å². The van der Waals surface area contributed by atoms with E-state index >= 15 is 0 Å². The summed E-state index contributed by atoms with van der Waals surface area (Å²) in [5, 5.41) is 9.44. The van der Waals surface area contributed by atoms with Gasteiger partial charge in [0.25, 0.3) is 0 Å². The molecule has 0 heterocycles. The fourth-order valence-corrected chi connectivity index (χ4v) is 2.41. The summed E-state index contributed by atoms with van der Waals surface area (Å²) in [4.78, 5) is 11.8. The predicted octanol–water partition coefficient (Wildman–Crippen LogP) is 5.11. The lowest BCUT2D eigenvalue weighted by Crippen LogP contribution is -1.99. The van der Waals surface area contributed by atoms with Crippen LogP contribution in [-0.4, -0.2) is 24.1 Å². The molecule has 4 heteroatoms. The Kier molecular flexibility index (Phi) is 7.92. The van der Waals surface area contributed by atoms with Crippen molar-refractivity contribution >= 4 is 5.78 Å². The summed E-state index contributed by atoms with van der Waals surface area (Å²) in [5.74, 6) is 1.20. The van der Waals surface area contributed by atoms with E-state index in [4.69, 9.17) is 9.47 Å². The van der Waals surface area contributed by atoms with E-state index < -0.39 is 0 Å². The lowest BCUT2D eigenvalue weighted by molar-refractivity contribution is 0.103. The molecular weight excluding hydrogens is 340 g/mol. The minimum Gasteiger partial charge on any atom is -0.504 e. The van der Waals surface area contributed by atoms with Crippen LogP contribution in [0.4, 0.5) is 0 Å². The topological polar surface area (TPSA) is 55.8 Å². The molecule has 4 nitrogen and oxygen atoms in total. The van der Waals surface area contributed by atoms with E-state index in [1.54, 1.807) is 18.2 Å². The number of rotatable bonds is 6. The molecule has 0 aliphatic rings. The van der Waals surface area contributed by atoms with Gasteiger partial charge in [0.15, 0.2) is 17.3 Å². The molecule has 140 valence electrons. The summed E-state index contributed by atoms with van der Waals surface area (Å²) in [6.07, 6.45) is 0. The van der Waals surface area contributed by atoms with Gasteiger partial charge in [0, 0.05) is 11.1 Å². The molecule has 3 aromatic rings. The van der Waals surface area contributed by atoms with E-state index in [1.165, 1.54) is 0 Å². The van der Waals surface area contributed by atoms with Crippen molar-refractivity contribution in [2.45, 2.75) is 13.8 Å². The second-order valence-corrected chi connectivity index (χ2v) is 5.53. The maximum absolute atomic E-state index is 11.8. The van der Waals surface area contributed by atoms with Crippen LogP contribution < -0.4 is 9.47 Å². The zero-order valence-electron chi connectivity index (χ0n) is 15.6. The summed E-state index contributed by atoms with van der Waals surface area (Å²) in [5.41, 5.74) is 1.47. The van der Waals surface area contributed by atoms with E-state index in [-0.39, 0.29) is 11.5 Å². The Labute approximate surface area is 160 Å². The molecule has 0 spiro atoms. The highest BCUT2D eigenvalue weighted by atomic mass is 16.5. The Morgan fingerprint density at radius 3 is 1.74 bits per heavy atom. The molecule has 3 rings (SSSR count). The van der Waals surface area contributed by atoms with Crippen molar-refractivity contribution in [1.29, 1.82) is 0 Å². The van der Waals surface area contributed by atoms with E-state index in [9.17, 15) is 9.90 Å². The van der Waals surface area contributed by atoms with Crippen LogP contribution in [0.1, 0.15) is 29.8 Å². The number of aromatic hydroxyl groups is 1. The summed E-state index contributed by atoms with van der Waals surface area (Å²) < 4.78 is 10.5. The van der Waals surface area contributed by atoms with Crippen molar-refractivity contribution < 1.29 is 19.4 Å². The highest BCUT2D eigenvalue weighted by molar-refractivity contribution is 6.08. The van der Waals surface area contributed by atoms with Gasteiger partial charge in [-0.05, 0) is 26.0 Å². The second kappa shape index (κ2) is 10.7. The third-order valence-corrected chi connectivity index (χ3v) is 3.62. The number of phenolic OH excluding ortho intramolecular Hbond substituents is 1. The second-order valence-electron chi connectivity index (χ2n) is 5.53. The van der Waals surface area contributed by atoms with Crippen molar-refractivity contribution in [2.75, 3.05) is 13.2 Å². The van der Waals surface area contributed by atoms with Crippen molar-refractivity contribution in [3.8, 4) is 17.2 Å². The van der Waals surface area contributed by atoms with Gasteiger partial charge >= 0.3 is 0 Å². The Balaban J connectivity index is 0.000000194. The van der Waals surface area contributed by atoms with Crippen LogP contribution in [0.15, 0.2) is 78.9 Å². The lowest BCUT2D eigenvalue weighted by atomic mass is 10.0. The molecule has 0 saturated heterocycles. The normalized spacial score (nSPS) is 9.70. The van der Waals surface area contributed by atoms with Crippen LogP contribution in [0.5, 0.6) is 17.2 Å². The summed E-state index contributed by atoms with van der Waals surface area (Å²) >= 11 is 0. The molecule has 0 aromatic heterocycles. The maximum atomic E-state index is 11.8. The third-order valence-electron chi connectivity index (χ3n) is 3.62. The van der Waals surface area contributed by atoms with Crippen molar-refractivity contribution in [3.63, 3.8) is 0 Å². The number of para-hydroxylation sites is 1. The number of phenols is 1. The summed E-state index contributed by atoms with van der Waals surface area (Å²) in [7, 11) is 0. The largest absolute Gasteiger partial charge is 0.504 e. The van der Waals surface area contributed by atoms with E-state index in [1.807, 2.05) is 74.5 Å². The minimum absolute atomic E-state index is 0.0752. The Morgan fingerprint density at radius 1 is 0.741 bits per heavy atom. The fraction of sp³-hybridized carbons (Fsp3) is 0.174. The number of carbonyl (C=O) groups excluding carboxylic acids is 1. The lowest BCUT2D eigenvalue weighted by Gasteiger charge is -2.11. The Bertz CT molecular complexity index is 788. The van der Waals surface area contributed by atoms with E-state index in [2.05, 4.69) is 0 Å². The third kappa shape index (κ3) is 5.89. The molecule has 0 amide bonds. The molecule has 0 bridgehead atoms. The molecule has 1 N–H and O–H groups in total. The molecule has 27 heavy (non-hydrogen) atoms. The monoisotopic (exact) mass is 364 g/mol. The van der Waals surface area contributed by atoms with E-state index in [0.29, 0.717) is 24.7 Å². The van der Waals surface area contributed by atoms with Crippen LogP contribution in [0.2, 0.25) is 0 Å². The van der Waals surface area contributed by atoms with Gasteiger partial charge in [0.1, 0.15) is 0 Å². The molecule has 0 unspecified atom stereocenters. The average molecular weight is 364 g/mol. The first-order chi connectivity index (χ1) is 13.2. The summed E-state index contributed by atoms with van der Waals surface area (Å²) in [6, 6.07) is 23.7. The van der Waals surface area contributed by atoms with Gasteiger partial charge < -0.3 is 14.6 Å². The number of hydrogen-bond donors (Lipinski definition) is 1. The molecule has 0 fully saturated rings. The van der Waals surface area contributed by atoms with E-state index in [0.717, 1.165) is 11.1 Å². The number of carbonyl (C=O) groups is 1.